The summed E-state index contributed by atoms with van der Waals surface area (Å²) in [5.41, 5.74) is 5.99. The molecule has 1 unspecified atom stereocenters. The molecule has 1 heterocycles. The maximum atomic E-state index is 5.99. The first-order chi connectivity index (χ1) is 8.86. The number of rotatable bonds is 6. The molecule has 0 aliphatic carbocycles. The van der Waals surface area contributed by atoms with Crippen molar-refractivity contribution >= 4 is 0 Å². The summed E-state index contributed by atoms with van der Waals surface area (Å²) < 4.78 is 5.60. The van der Waals surface area contributed by atoms with Gasteiger partial charge >= 0.3 is 0 Å². The molecular formula is C14H17N3O. The summed E-state index contributed by atoms with van der Waals surface area (Å²) in [5.74, 6) is 1.58. The summed E-state index contributed by atoms with van der Waals surface area (Å²) in [5, 5.41) is 0. The fourth-order valence-corrected chi connectivity index (χ4v) is 1.64. The molecule has 0 fully saturated rings. The van der Waals surface area contributed by atoms with Crippen LogP contribution < -0.4 is 10.5 Å². The van der Waals surface area contributed by atoms with E-state index < -0.39 is 0 Å². The fourth-order valence-electron chi connectivity index (χ4n) is 1.64. The summed E-state index contributed by atoms with van der Waals surface area (Å²) in [4.78, 5) is 8.28. The molecule has 0 saturated carbocycles. The zero-order valence-electron chi connectivity index (χ0n) is 10.2. The third-order valence-corrected chi connectivity index (χ3v) is 2.59. The van der Waals surface area contributed by atoms with Gasteiger partial charge in [-0.25, -0.2) is 9.97 Å². The van der Waals surface area contributed by atoms with Crippen molar-refractivity contribution in [3.05, 3.63) is 54.6 Å². The number of hydrogen-bond acceptors (Lipinski definition) is 4. The van der Waals surface area contributed by atoms with Crippen LogP contribution in [0.25, 0.3) is 0 Å². The normalized spacial score (nSPS) is 12.1. The van der Waals surface area contributed by atoms with Crippen LogP contribution in [0, 0.1) is 0 Å². The molecule has 94 valence electrons. The van der Waals surface area contributed by atoms with Gasteiger partial charge < -0.3 is 10.5 Å². The second-order valence-electron chi connectivity index (χ2n) is 4.02. The molecule has 4 heteroatoms. The van der Waals surface area contributed by atoms with Gasteiger partial charge in [0.15, 0.2) is 0 Å². The van der Waals surface area contributed by atoms with Crippen LogP contribution in [0.3, 0.4) is 0 Å². The second kappa shape index (κ2) is 6.71. The number of aromatic nitrogens is 2. The third-order valence-electron chi connectivity index (χ3n) is 2.59. The summed E-state index contributed by atoms with van der Waals surface area (Å²) in [7, 11) is 0. The van der Waals surface area contributed by atoms with Crippen LogP contribution >= 0.6 is 0 Å². The molecule has 0 aliphatic heterocycles. The summed E-state index contributed by atoms with van der Waals surface area (Å²) in [6, 6.07) is 11.4. The van der Waals surface area contributed by atoms with Gasteiger partial charge in [-0.3, -0.25) is 0 Å². The van der Waals surface area contributed by atoms with Crippen molar-refractivity contribution < 1.29 is 4.74 Å². The van der Waals surface area contributed by atoms with Crippen molar-refractivity contribution in [2.75, 3.05) is 6.61 Å². The highest BCUT2D eigenvalue weighted by molar-refractivity contribution is 5.20. The van der Waals surface area contributed by atoms with E-state index >= 15 is 0 Å². The van der Waals surface area contributed by atoms with Crippen molar-refractivity contribution in [2.24, 2.45) is 5.73 Å². The lowest BCUT2D eigenvalue weighted by atomic mass is 10.1. The van der Waals surface area contributed by atoms with E-state index in [9.17, 15) is 0 Å². The van der Waals surface area contributed by atoms with E-state index in [2.05, 4.69) is 9.97 Å². The number of nitrogens with two attached hydrogens (primary N) is 1. The minimum absolute atomic E-state index is 0.120. The highest BCUT2D eigenvalue weighted by Crippen LogP contribution is 2.12. The van der Waals surface area contributed by atoms with Crippen LogP contribution in [0.15, 0.2) is 48.8 Å². The zero-order chi connectivity index (χ0) is 12.6. The van der Waals surface area contributed by atoms with Crippen LogP contribution in [0.1, 0.15) is 24.7 Å². The van der Waals surface area contributed by atoms with E-state index in [0.29, 0.717) is 12.4 Å². The van der Waals surface area contributed by atoms with Crippen LogP contribution in [0.5, 0.6) is 5.75 Å². The maximum absolute atomic E-state index is 5.99. The molecule has 0 spiro atoms. The second-order valence-corrected chi connectivity index (χ2v) is 4.02. The minimum atomic E-state index is -0.120. The highest BCUT2D eigenvalue weighted by Gasteiger charge is 2.07. The van der Waals surface area contributed by atoms with Gasteiger partial charge in [-0.2, -0.15) is 0 Å². The summed E-state index contributed by atoms with van der Waals surface area (Å²) in [6.45, 7) is 0.657. The predicted molar refractivity (Wildman–Crippen MR) is 70.1 cm³/mol. The van der Waals surface area contributed by atoms with Crippen molar-refractivity contribution in [1.82, 2.24) is 9.97 Å². The Morgan fingerprint density at radius 2 is 1.78 bits per heavy atom. The van der Waals surface area contributed by atoms with E-state index in [4.69, 9.17) is 10.5 Å². The molecule has 4 nitrogen and oxygen atoms in total. The SMILES string of the molecule is NC(CCCOc1ccccc1)c1ncccn1. The molecule has 0 bridgehead atoms. The van der Waals surface area contributed by atoms with Crippen LogP contribution in [0.4, 0.5) is 0 Å². The number of nitrogens with zero attached hydrogens (tertiary/aromatic N) is 2. The van der Waals surface area contributed by atoms with Crippen molar-refractivity contribution in [2.45, 2.75) is 18.9 Å². The predicted octanol–water partition coefficient (Wildman–Crippen LogP) is 2.34. The Bertz CT molecular complexity index is 447. The third kappa shape index (κ3) is 3.82. The lowest BCUT2D eigenvalue weighted by Crippen LogP contribution is -2.14. The summed E-state index contributed by atoms with van der Waals surface area (Å²) >= 11 is 0. The van der Waals surface area contributed by atoms with Crippen LogP contribution in [-0.2, 0) is 0 Å². The molecule has 2 aromatic rings. The zero-order valence-corrected chi connectivity index (χ0v) is 10.2. The lowest BCUT2D eigenvalue weighted by Gasteiger charge is -2.10. The van der Waals surface area contributed by atoms with E-state index in [1.54, 1.807) is 18.5 Å². The number of para-hydroxylation sites is 1. The van der Waals surface area contributed by atoms with Gasteiger partial charge in [0.05, 0.1) is 12.6 Å². The van der Waals surface area contributed by atoms with Gasteiger partial charge in [0, 0.05) is 12.4 Å². The molecule has 0 saturated heterocycles. The standard InChI is InChI=1S/C14H17N3O/c15-13(14-16-9-5-10-17-14)8-4-11-18-12-6-2-1-3-7-12/h1-3,5-7,9-10,13H,4,8,11,15H2. The monoisotopic (exact) mass is 243 g/mol. The van der Waals surface area contributed by atoms with Gasteiger partial charge in [-0.15, -0.1) is 0 Å². The Morgan fingerprint density at radius 1 is 1.06 bits per heavy atom. The Hall–Kier alpha value is -1.94. The maximum Gasteiger partial charge on any atom is 0.144 e. The largest absolute Gasteiger partial charge is 0.494 e. The van der Waals surface area contributed by atoms with Crippen LogP contribution in [0.2, 0.25) is 0 Å². The van der Waals surface area contributed by atoms with E-state index in [0.717, 1.165) is 18.6 Å². The van der Waals surface area contributed by atoms with Crippen molar-refractivity contribution in [3.63, 3.8) is 0 Å². The molecule has 0 aliphatic rings. The Labute approximate surface area is 107 Å². The summed E-state index contributed by atoms with van der Waals surface area (Å²) in [6.07, 6.45) is 5.12. The first-order valence-electron chi connectivity index (χ1n) is 6.06. The quantitative estimate of drug-likeness (QED) is 0.791. The molecule has 1 atom stereocenters. The Kier molecular flexibility index (Phi) is 4.67. The van der Waals surface area contributed by atoms with Gasteiger partial charge in [0.1, 0.15) is 11.6 Å². The molecule has 2 N–H and O–H groups in total. The smallest absolute Gasteiger partial charge is 0.144 e. The number of benzene rings is 1. The first-order valence-corrected chi connectivity index (χ1v) is 6.06. The Balaban J connectivity index is 1.70. The molecule has 0 amide bonds. The molecule has 1 aromatic heterocycles. The number of hydrogen-bond donors (Lipinski definition) is 1. The molecular weight excluding hydrogens is 226 g/mol. The first kappa shape index (κ1) is 12.5. The average molecular weight is 243 g/mol. The van der Waals surface area contributed by atoms with Gasteiger partial charge in [-0.1, -0.05) is 18.2 Å². The molecule has 1 aromatic carbocycles. The fraction of sp³-hybridized carbons (Fsp3) is 0.286. The number of ether oxygens (including phenoxy) is 1. The van der Waals surface area contributed by atoms with Crippen molar-refractivity contribution in [3.8, 4) is 5.75 Å². The molecule has 2 rings (SSSR count). The molecule has 0 radical (unpaired) electrons. The topological polar surface area (TPSA) is 61.0 Å². The highest BCUT2D eigenvalue weighted by atomic mass is 16.5. The van der Waals surface area contributed by atoms with Gasteiger partial charge in [0.2, 0.25) is 0 Å². The lowest BCUT2D eigenvalue weighted by molar-refractivity contribution is 0.301. The van der Waals surface area contributed by atoms with E-state index in [-0.39, 0.29) is 6.04 Å². The van der Waals surface area contributed by atoms with Crippen LogP contribution in [-0.4, -0.2) is 16.6 Å². The average Bonchev–Trinajstić information content (AvgIpc) is 2.45. The van der Waals surface area contributed by atoms with E-state index in [1.165, 1.54) is 0 Å². The van der Waals surface area contributed by atoms with E-state index in [1.807, 2.05) is 30.3 Å². The molecule has 18 heavy (non-hydrogen) atoms. The van der Waals surface area contributed by atoms with Gasteiger partial charge in [0.25, 0.3) is 0 Å². The van der Waals surface area contributed by atoms with Crippen molar-refractivity contribution in [1.29, 1.82) is 0 Å². The Morgan fingerprint density at radius 3 is 2.50 bits per heavy atom. The van der Waals surface area contributed by atoms with Gasteiger partial charge in [-0.05, 0) is 31.0 Å². The minimum Gasteiger partial charge on any atom is -0.494 e.